The first kappa shape index (κ1) is 13.4. The maximum atomic E-state index is 11.8. The Hall–Kier alpha value is -1.66. The zero-order chi connectivity index (χ0) is 13.0. The summed E-state index contributed by atoms with van der Waals surface area (Å²) < 4.78 is 0. The second-order valence-electron chi connectivity index (χ2n) is 3.50. The molecule has 0 aliphatic heterocycles. The highest BCUT2D eigenvalue weighted by atomic mass is 35.5. The molecule has 1 rings (SSSR count). The van der Waals surface area contributed by atoms with E-state index in [1.165, 1.54) is 18.2 Å². The van der Waals surface area contributed by atoms with Gasteiger partial charge in [-0.3, -0.25) is 14.9 Å². The van der Waals surface area contributed by atoms with E-state index >= 15 is 0 Å². The maximum Gasteiger partial charge on any atom is 0.283 e. The molecular weight excluding hydrogens is 246 g/mol. The van der Waals surface area contributed by atoms with Crippen molar-refractivity contribution >= 4 is 23.2 Å². The SMILES string of the molecule is CC(CN)NC(=O)c1c(Cl)cccc1[N+](=O)[O-]. The lowest BCUT2D eigenvalue weighted by Gasteiger charge is -2.12. The van der Waals surface area contributed by atoms with Crippen LogP contribution in [0.2, 0.25) is 5.02 Å². The van der Waals surface area contributed by atoms with Gasteiger partial charge in [-0.1, -0.05) is 17.7 Å². The van der Waals surface area contributed by atoms with Gasteiger partial charge in [0.15, 0.2) is 0 Å². The van der Waals surface area contributed by atoms with Crippen molar-refractivity contribution in [1.82, 2.24) is 5.32 Å². The number of rotatable bonds is 4. The number of nitrogens with one attached hydrogen (secondary N) is 1. The molecule has 0 fully saturated rings. The minimum Gasteiger partial charge on any atom is -0.348 e. The van der Waals surface area contributed by atoms with E-state index in [1.807, 2.05) is 0 Å². The molecule has 1 atom stereocenters. The normalized spacial score (nSPS) is 11.9. The maximum absolute atomic E-state index is 11.8. The lowest BCUT2D eigenvalue weighted by molar-refractivity contribution is -0.385. The van der Waals surface area contributed by atoms with Crippen LogP contribution in [0, 0.1) is 10.1 Å². The number of nitro benzene ring substituents is 1. The third-order valence-electron chi connectivity index (χ3n) is 2.15. The minimum atomic E-state index is -0.645. The topological polar surface area (TPSA) is 98.3 Å². The van der Waals surface area contributed by atoms with E-state index in [-0.39, 0.29) is 28.9 Å². The van der Waals surface area contributed by atoms with E-state index in [0.717, 1.165) is 0 Å². The lowest BCUT2D eigenvalue weighted by atomic mass is 10.1. The molecule has 1 amide bonds. The minimum absolute atomic E-state index is 0.0425. The summed E-state index contributed by atoms with van der Waals surface area (Å²) in [6.45, 7) is 1.94. The third-order valence-corrected chi connectivity index (χ3v) is 2.46. The van der Waals surface area contributed by atoms with Crippen LogP contribution in [-0.2, 0) is 0 Å². The molecule has 0 radical (unpaired) electrons. The Morgan fingerprint density at radius 1 is 1.65 bits per heavy atom. The fourth-order valence-corrected chi connectivity index (χ4v) is 1.50. The average Bonchev–Trinajstić information content (AvgIpc) is 2.28. The highest BCUT2D eigenvalue weighted by molar-refractivity contribution is 6.34. The molecule has 0 saturated heterocycles. The van der Waals surface area contributed by atoms with Crippen molar-refractivity contribution in [3.8, 4) is 0 Å². The molecule has 0 aliphatic carbocycles. The van der Waals surface area contributed by atoms with Crippen LogP contribution in [0.5, 0.6) is 0 Å². The number of amides is 1. The molecule has 0 aromatic heterocycles. The molecule has 7 heteroatoms. The van der Waals surface area contributed by atoms with Crippen molar-refractivity contribution in [2.75, 3.05) is 6.54 Å². The fraction of sp³-hybridized carbons (Fsp3) is 0.300. The van der Waals surface area contributed by atoms with E-state index in [9.17, 15) is 14.9 Å². The number of carbonyl (C=O) groups is 1. The van der Waals surface area contributed by atoms with Gasteiger partial charge < -0.3 is 11.1 Å². The van der Waals surface area contributed by atoms with Crippen molar-refractivity contribution < 1.29 is 9.72 Å². The van der Waals surface area contributed by atoms with Gasteiger partial charge in [-0.25, -0.2) is 0 Å². The summed E-state index contributed by atoms with van der Waals surface area (Å²) in [7, 11) is 0. The zero-order valence-electron chi connectivity index (χ0n) is 9.14. The predicted molar refractivity (Wildman–Crippen MR) is 64.1 cm³/mol. The van der Waals surface area contributed by atoms with Crippen molar-refractivity contribution in [2.45, 2.75) is 13.0 Å². The van der Waals surface area contributed by atoms with E-state index < -0.39 is 10.8 Å². The molecule has 0 heterocycles. The number of hydrogen-bond acceptors (Lipinski definition) is 4. The third kappa shape index (κ3) is 3.15. The second-order valence-corrected chi connectivity index (χ2v) is 3.91. The average molecular weight is 258 g/mol. The Morgan fingerprint density at radius 2 is 2.29 bits per heavy atom. The highest BCUT2D eigenvalue weighted by Gasteiger charge is 2.23. The van der Waals surface area contributed by atoms with Gasteiger partial charge in [0.25, 0.3) is 11.6 Å². The van der Waals surface area contributed by atoms with Crippen LogP contribution in [0.15, 0.2) is 18.2 Å². The van der Waals surface area contributed by atoms with E-state index in [2.05, 4.69) is 5.32 Å². The molecule has 1 aromatic carbocycles. The molecule has 17 heavy (non-hydrogen) atoms. The first-order valence-corrected chi connectivity index (χ1v) is 5.29. The Bertz CT molecular complexity index is 450. The number of carbonyl (C=O) groups excluding carboxylic acids is 1. The summed E-state index contributed by atoms with van der Waals surface area (Å²) in [6.07, 6.45) is 0. The van der Waals surface area contributed by atoms with Gasteiger partial charge in [0.2, 0.25) is 0 Å². The lowest BCUT2D eigenvalue weighted by Crippen LogP contribution is -2.38. The van der Waals surface area contributed by atoms with Gasteiger partial charge in [-0.15, -0.1) is 0 Å². The summed E-state index contributed by atoms with van der Waals surface area (Å²) in [4.78, 5) is 21.9. The van der Waals surface area contributed by atoms with Gasteiger partial charge in [-0.05, 0) is 13.0 Å². The largest absolute Gasteiger partial charge is 0.348 e. The molecular formula is C10H12ClN3O3. The number of benzene rings is 1. The molecule has 1 unspecified atom stereocenters. The number of hydrogen-bond donors (Lipinski definition) is 2. The van der Waals surface area contributed by atoms with Crippen molar-refractivity contribution in [2.24, 2.45) is 5.73 Å². The van der Waals surface area contributed by atoms with Crippen LogP contribution in [-0.4, -0.2) is 23.4 Å². The Balaban J connectivity index is 3.11. The van der Waals surface area contributed by atoms with Crippen LogP contribution in [0.25, 0.3) is 0 Å². The second kappa shape index (κ2) is 5.60. The number of nitro groups is 1. The highest BCUT2D eigenvalue weighted by Crippen LogP contribution is 2.25. The van der Waals surface area contributed by atoms with Crippen LogP contribution in [0.3, 0.4) is 0 Å². The quantitative estimate of drug-likeness (QED) is 0.628. The molecule has 0 aliphatic rings. The van der Waals surface area contributed by atoms with Crippen LogP contribution in [0.4, 0.5) is 5.69 Å². The summed E-state index contributed by atoms with van der Waals surface area (Å²) >= 11 is 5.80. The number of halogens is 1. The number of nitrogens with zero attached hydrogens (tertiary/aromatic N) is 1. The summed E-state index contributed by atoms with van der Waals surface area (Å²) in [5, 5.41) is 13.3. The molecule has 0 saturated carbocycles. The standard InChI is InChI=1S/C10H12ClN3O3/c1-6(5-12)13-10(15)9-7(11)3-2-4-8(9)14(16)17/h2-4,6H,5,12H2,1H3,(H,13,15). The first-order chi connectivity index (χ1) is 7.97. The Morgan fingerprint density at radius 3 is 2.82 bits per heavy atom. The van der Waals surface area contributed by atoms with Gasteiger partial charge in [0, 0.05) is 18.7 Å². The van der Waals surface area contributed by atoms with E-state index in [0.29, 0.717) is 0 Å². The van der Waals surface area contributed by atoms with Crippen molar-refractivity contribution in [3.05, 3.63) is 38.9 Å². The van der Waals surface area contributed by atoms with Crippen LogP contribution < -0.4 is 11.1 Å². The zero-order valence-corrected chi connectivity index (χ0v) is 9.90. The number of nitrogens with two attached hydrogens (primary N) is 1. The van der Waals surface area contributed by atoms with Gasteiger partial charge in [0.05, 0.1) is 9.95 Å². The van der Waals surface area contributed by atoms with Crippen molar-refractivity contribution in [3.63, 3.8) is 0 Å². The molecule has 1 aromatic rings. The fourth-order valence-electron chi connectivity index (χ4n) is 1.24. The molecule has 92 valence electrons. The van der Waals surface area contributed by atoms with E-state index in [1.54, 1.807) is 6.92 Å². The summed E-state index contributed by atoms with van der Waals surface area (Å²) in [5.74, 6) is -0.597. The Labute approximate surface area is 103 Å². The van der Waals surface area contributed by atoms with Gasteiger partial charge in [0.1, 0.15) is 5.56 Å². The molecule has 3 N–H and O–H groups in total. The van der Waals surface area contributed by atoms with Crippen LogP contribution >= 0.6 is 11.6 Å². The van der Waals surface area contributed by atoms with Crippen LogP contribution in [0.1, 0.15) is 17.3 Å². The smallest absolute Gasteiger partial charge is 0.283 e. The molecule has 6 nitrogen and oxygen atoms in total. The van der Waals surface area contributed by atoms with Gasteiger partial charge >= 0.3 is 0 Å². The van der Waals surface area contributed by atoms with Gasteiger partial charge in [-0.2, -0.15) is 0 Å². The summed E-state index contributed by atoms with van der Waals surface area (Å²) in [6, 6.07) is 3.80. The van der Waals surface area contributed by atoms with E-state index in [4.69, 9.17) is 17.3 Å². The molecule has 0 bridgehead atoms. The van der Waals surface area contributed by atoms with Crippen molar-refractivity contribution in [1.29, 1.82) is 0 Å². The molecule has 0 spiro atoms. The predicted octanol–water partition coefficient (Wildman–Crippen LogP) is 1.33. The summed E-state index contributed by atoms with van der Waals surface area (Å²) in [5.41, 5.74) is 4.89. The monoisotopic (exact) mass is 257 g/mol. The first-order valence-electron chi connectivity index (χ1n) is 4.91. The Kier molecular flexibility index (Phi) is 4.42.